The fourth-order valence-electron chi connectivity index (χ4n) is 1.60. The minimum absolute atomic E-state index is 0.760. The minimum Gasteiger partial charge on any atom is -0.374 e. The average Bonchev–Trinajstić information content (AvgIpc) is 2.34. The molecule has 0 unspecified atom stereocenters. The van der Waals surface area contributed by atoms with Crippen LogP contribution in [0.25, 0.3) is 0 Å². The smallest absolute Gasteiger partial charge is 0.101 e. The first-order chi connectivity index (χ1) is 7.72. The van der Waals surface area contributed by atoms with Gasteiger partial charge in [-0.15, -0.1) is 0 Å². The lowest BCUT2D eigenvalue weighted by Gasteiger charge is -2.20. The van der Waals surface area contributed by atoms with E-state index in [-0.39, 0.29) is 0 Å². The van der Waals surface area contributed by atoms with Gasteiger partial charge in [-0.3, -0.25) is 0 Å². The Morgan fingerprint density at radius 1 is 1.44 bits per heavy atom. The number of unbranched alkanes of at least 4 members (excludes halogenated alkanes) is 1. The van der Waals surface area contributed by atoms with E-state index >= 15 is 0 Å². The number of nitriles is 1. The molecule has 0 bridgehead atoms. The fourth-order valence-corrected chi connectivity index (χ4v) is 1.95. The minimum atomic E-state index is 0.760. The average molecular weight is 281 g/mol. The van der Waals surface area contributed by atoms with Crippen molar-refractivity contribution in [1.29, 1.82) is 5.26 Å². The van der Waals surface area contributed by atoms with Gasteiger partial charge in [0.2, 0.25) is 0 Å². The van der Waals surface area contributed by atoms with E-state index in [4.69, 9.17) is 5.26 Å². The highest BCUT2D eigenvalue weighted by molar-refractivity contribution is 9.08. The number of benzene rings is 1. The molecule has 1 aromatic rings. The van der Waals surface area contributed by atoms with Crippen LogP contribution in [0.5, 0.6) is 0 Å². The van der Waals surface area contributed by atoms with Crippen LogP contribution in [0.4, 0.5) is 5.69 Å². The first-order valence-corrected chi connectivity index (χ1v) is 6.65. The van der Waals surface area contributed by atoms with E-state index in [0.717, 1.165) is 35.1 Å². The van der Waals surface area contributed by atoms with Crippen LogP contribution in [0.15, 0.2) is 18.2 Å². The third-order valence-corrected chi connectivity index (χ3v) is 3.24. The molecule has 16 heavy (non-hydrogen) atoms. The molecule has 0 amide bonds. The molecule has 1 rings (SSSR count). The Balaban J connectivity index is 2.91. The van der Waals surface area contributed by atoms with Crippen LogP contribution in [-0.4, -0.2) is 13.6 Å². The Morgan fingerprint density at radius 2 is 2.19 bits per heavy atom. The SMILES string of the molecule is CCCCN(C)c1ccc(CBr)cc1C#N. The molecule has 0 atom stereocenters. The van der Waals surface area contributed by atoms with Crippen LogP contribution in [0.3, 0.4) is 0 Å². The second kappa shape index (κ2) is 6.55. The molecule has 0 saturated heterocycles. The lowest BCUT2D eigenvalue weighted by Crippen LogP contribution is -2.19. The quantitative estimate of drug-likeness (QED) is 0.770. The van der Waals surface area contributed by atoms with Crippen molar-refractivity contribution in [2.24, 2.45) is 0 Å². The Hall–Kier alpha value is -1.01. The standard InChI is InChI=1S/C13H17BrN2/c1-3-4-7-16(2)13-6-5-11(9-14)8-12(13)10-15/h5-6,8H,3-4,7,9H2,1-2H3. The number of halogens is 1. The molecule has 1 aromatic carbocycles. The molecule has 0 saturated carbocycles. The predicted molar refractivity (Wildman–Crippen MR) is 72.0 cm³/mol. The van der Waals surface area contributed by atoms with Gasteiger partial charge in [0.25, 0.3) is 0 Å². The van der Waals surface area contributed by atoms with E-state index in [0.29, 0.717) is 0 Å². The fraction of sp³-hybridized carbons (Fsp3) is 0.462. The van der Waals surface area contributed by atoms with Crippen molar-refractivity contribution in [2.45, 2.75) is 25.1 Å². The zero-order valence-corrected chi connectivity index (χ0v) is 11.4. The molecule has 3 heteroatoms. The lowest BCUT2D eigenvalue weighted by molar-refractivity contribution is 0.766. The van der Waals surface area contributed by atoms with Crippen LogP contribution >= 0.6 is 15.9 Å². The lowest BCUT2D eigenvalue weighted by atomic mass is 10.1. The van der Waals surface area contributed by atoms with Crippen molar-refractivity contribution in [3.63, 3.8) is 0 Å². The summed E-state index contributed by atoms with van der Waals surface area (Å²) in [5.74, 6) is 0. The summed E-state index contributed by atoms with van der Waals surface area (Å²) in [6, 6.07) is 8.31. The first-order valence-electron chi connectivity index (χ1n) is 5.53. The van der Waals surface area contributed by atoms with Crippen LogP contribution in [-0.2, 0) is 5.33 Å². The van der Waals surface area contributed by atoms with E-state index < -0.39 is 0 Å². The maximum atomic E-state index is 9.12. The Kier molecular flexibility index (Phi) is 5.34. The molecule has 0 radical (unpaired) electrons. The van der Waals surface area contributed by atoms with Gasteiger partial charge in [-0.05, 0) is 24.1 Å². The molecule has 0 aliphatic heterocycles. The molecule has 0 aromatic heterocycles. The number of alkyl halides is 1. The monoisotopic (exact) mass is 280 g/mol. The molecule has 0 N–H and O–H groups in total. The summed E-state index contributed by atoms with van der Waals surface area (Å²) in [4.78, 5) is 2.15. The van der Waals surface area contributed by atoms with E-state index in [1.807, 2.05) is 19.2 Å². The summed E-state index contributed by atoms with van der Waals surface area (Å²) in [5, 5.41) is 9.91. The Bertz CT molecular complexity index is 382. The maximum Gasteiger partial charge on any atom is 0.101 e. The van der Waals surface area contributed by atoms with Gasteiger partial charge in [0, 0.05) is 18.9 Å². The molecular weight excluding hydrogens is 264 g/mol. The van der Waals surface area contributed by atoms with Gasteiger partial charge in [0.15, 0.2) is 0 Å². The molecule has 0 spiro atoms. The van der Waals surface area contributed by atoms with Crippen molar-refractivity contribution in [3.05, 3.63) is 29.3 Å². The van der Waals surface area contributed by atoms with Crippen LogP contribution in [0.1, 0.15) is 30.9 Å². The number of nitrogens with zero attached hydrogens (tertiary/aromatic N) is 2. The van der Waals surface area contributed by atoms with Crippen molar-refractivity contribution >= 4 is 21.6 Å². The largest absolute Gasteiger partial charge is 0.374 e. The van der Waals surface area contributed by atoms with Crippen molar-refractivity contribution in [2.75, 3.05) is 18.5 Å². The van der Waals surface area contributed by atoms with Gasteiger partial charge in [-0.1, -0.05) is 35.3 Å². The summed E-state index contributed by atoms with van der Waals surface area (Å²) in [6.07, 6.45) is 2.33. The second-order valence-electron chi connectivity index (χ2n) is 3.87. The van der Waals surface area contributed by atoms with E-state index in [9.17, 15) is 0 Å². The van der Waals surface area contributed by atoms with Gasteiger partial charge in [0.05, 0.1) is 11.3 Å². The predicted octanol–water partition coefficient (Wildman–Crippen LogP) is 3.69. The summed E-state index contributed by atoms with van der Waals surface area (Å²) in [7, 11) is 2.04. The number of hydrogen-bond donors (Lipinski definition) is 0. The topological polar surface area (TPSA) is 27.0 Å². The first kappa shape index (κ1) is 13.1. The van der Waals surface area contributed by atoms with Crippen molar-refractivity contribution in [3.8, 4) is 6.07 Å². The van der Waals surface area contributed by atoms with Gasteiger partial charge < -0.3 is 4.90 Å². The molecule has 86 valence electrons. The number of rotatable bonds is 5. The van der Waals surface area contributed by atoms with E-state index in [2.05, 4.69) is 39.9 Å². The Morgan fingerprint density at radius 3 is 2.75 bits per heavy atom. The highest BCUT2D eigenvalue weighted by Crippen LogP contribution is 2.21. The Labute approximate surface area is 106 Å². The summed E-state index contributed by atoms with van der Waals surface area (Å²) < 4.78 is 0. The summed E-state index contributed by atoms with van der Waals surface area (Å²) >= 11 is 3.40. The number of anilines is 1. The molecular formula is C13H17BrN2. The van der Waals surface area contributed by atoms with Gasteiger partial charge >= 0.3 is 0 Å². The maximum absolute atomic E-state index is 9.12. The highest BCUT2D eigenvalue weighted by Gasteiger charge is 2.07. The second-order valence-corrected chi connectivity index (χ2v) is 4.43. The third kappa shape index (κ3) is 3.24. The molecule has 0 fully saturated rings. The van der Waals surface area contributed by atoms with Gasteiger partial charge in [-0.2, -0.15) is 5.26 Å². The van der Waals surface area contributed by atoms with Crippen molar-refractivity contribution < 1.29 is 0 Å². The van der Waals surface area contributed by atoms with Gasteiger partial charge in [0.1, 0.15) is 6.07 Å². The molecule has 0 aliphatic carbocycles. The van der Waals surface area contributed by atoms with E-state index in [1.165, 1.54) is 6.42 Å². The van der Waals surface area contributed by atoms with E-state index in [1.54, 1.807) is 0 Å². The van der Waals surface area contributed by atoms with Crippen LogP contribution in [0, 0.1) is 11.3 Å². The normalized spacial score (nSPS) is 9.88. The van der Waals surface area contributed by atoms with Gasteiger partial charge in [-0.25, -0.2) is 0 Å². The van der Waals surface area contributed by atoms with Crippen molar-refractivity contribution in [1.82, 2.24) is 0 Å². The zero-order chi connectivity index (χ0) is 12.0. The van der Waals surface area contributed by atoms with Crippen LogP contribution in [0.2, 0.25) is 0 Å². The molecule has 2 nitrogen and oxygen atoms in total. The zero-order valence-electron chi connectivity index (χ0n) is 9.83. The van der Waals surface area contributed by atoms with Crippen LogP contribution < -0.4 is 4.90 Å². The number of hydrogen-bond acceptors (Lipinski definition) is 2. The molecule has 0 heterocycles. The third-order valence-electron chi connectivity index (χ3n) is 2.59. The summed E-state index contributed by atoms with van der Waals surface area (Å²) in [6.45, 7) is 3.17. The highest BCUT2D eigenvalue weighted by atomic mass is 79.9. The summed E-state index contributed by atoms with van der Waals surface area (Å²) in [5.41, 5.74) is 2.93. The molecule has 0 aliphatic rings.